The van der Waals surface area contributed by atoms with Gasteiger partial charge in [-0.25, -0.2) is 9.18 Å². The average molecular weight is 209 g/mol. The SMILES string of the molecule is C=Cc1ccc(F)c([C@@H](C)OC(N)=O)c1. The van der Waals surface area contributed by atoms with Gasteiger partial charge in [0.2, 0.25) is 0 Å². The number of nitrogens with two attached hydrogens (primary N) is 1. The fourth-order valence-electron chi connectivity index (χ4n) is 1.24. The van der Waals surface area contributed by atoms with Crippen LogP contribution in [-0.2, 0) is 4.74 Å². The summed E-state index contributed by atoms with van der Waals surface area (Å²) < 4.78 is 18.0. The summed E-state index contributed by atoms with van der Waals surface area (Å²) in [6, 6.07) is 4.45. The van der Waals surface area contributed by atoms with E-state index in [2.05, 4.69) is 11.3 Å². The number of hydrogen-bond donors (Lipinski definition) is 1. The summed E-state index contributed by atoms with van der Waals surface area (Å²) in [7, 11) is 0. The van der Waals surface area contributed by atoms with Gasteiger partial charge in [0, 0.05) is 5.56 Å². The molecular formula is C11H12FNO2. The lowest BCUT2D eigenvalue weighted by Crippen LogP contribution is -2.16. The van der Waals surface area contributed by atoms with Crippen LogP contribution in [0.2, 0.25) is 0 Å². The molecular weight excluding hydrogens is 197 g/mol. The highest BCUT2D eigenvalue weighted by Crippen LogP contribution is 2.21. The van der Waals surface area contributed by atoms with Crippen molar-refractivity contribution in [3.8, 4) is 0 Å². The van der Waals surface area contributed by atoms with Crippen LogP contribution in [0, 0.1) is 5.82 Å². The maximum Gasteiger partial charge on any atom is 0.405 e. The molecule has 0 saturated carbocycles. The van der Waals surface area contributed by atoms with Gasteiger partial charge in [-0.05, 0) is 24.6 Å². The third-order valence-corrected chi connectivity index (χ3v) is 1.99. The van der Waals surface area contributed by atoms with Gasteiger partial charge in [-0.1, -0.05) is 18.7 Å². The monoisotopic (exact) mass is 209 g/mol. The van der Waals surface area contributed by atoms with Crippen LogP contribution in [0.4, 0.5) is 9.18 Å². The third-order valence-electron chi connectivity index (χ3n) is 1.99. The first-order valence-corrected chi connectivity index (χ1v) is 4.42. The van der Waals surface area contributed by atoms with Gasteiger partial charge in [-0.3, -0.25) is 0 Å². The van der Waals surface area contributed by atoms with Crippen LogP contribution in [0.1, 0.15) is 24.2 Å². The van der Waals surface area contributed by atoms with Gasteiger partial charge >= 0.3 is 6.09 Å². The molecule has 4 heteroatoms. The molecule has 0 saturated heterocycles. The fourth-order valence-corrected chi connectivity index (χ4v) is 1.24. The summed E-state index contributed by atoms with van der Waals surface area (Å²) >= 11 is 0. The molecule has 80 valence electrons. The Morgan fingerprint density at radius 2 is 2.33 bits per heavy atom. The summed E-state index contributed by atoms with van der Waals surface area (Å²) in [6.07, 6.45) is -0.0479. The average Bonchev–Trinajstić information content (AvgIpc) is 2.17. The molecule has 0 aromatic heterocycles. The number of primary amides is 1. The van der Waals surface area contributed by atoms with Crippen molar-refractivity contribution in [3.63, 3.8) is 0 Å². The molecule has 0 bridgehead atoms. The zero-order chi connectivity index (χ0) is 11.4. The minimum Gasteiger partial charge on any atom is -0.442 e. The van der Waals surface area contributed by atoms with E-state index in [9.17, 15) is 9.18 Å². The maximum absolute atomic E-state index is 13.3. The van der Waals surface area contributed by atoms with Gasteiger partial charge in [-0.2, -0.15) is 0 Å². The lowest BCUT2D eigenvalue weighted by atomic mass is 10.1. The summed E-state index contributed by atoms with van der Waals surface area (Å²) in [5.41, 5.74) is 5.89. The molecule has 0 unspecified atom stereocenters. The van der Waals surface area contributed by atoms with E-state index in [1.807, 2.05) is 0 Å². The molecule has 15 heavy (non-hydrogen) atoms. The van der Waals surface area contributed by atoms with Crippen LogP contribution in [0.3, 0.4) is 0 Å². The Bertz CT molecular complexity index is 390. The number of carbonyl (C=O) groups is 1. The highest BCUT2D eigenvalue weighted by Gasteiger charge is 2.13. The molecule has 1 rings (SSSR count). The standard InChI is InChI=1S/C11H12FNO2/c1-3-8-4-5-10(12)9(6-8)7(2)15-11(13)14/h3-7H,1H2,2H3,(H2,13,14)/t7-/m1/s1. The van der Waals surface area contributed by atoms with Crippen LogP contribution in [0.15, 0.2) is 24.8 Å². The van der Waals surface area contributed by atoms with E-state index in [1.54, 1.807) is 25.1 Å². The van der Waals surface area contributed by atoms with Gasteiger partial charge in [0.15, 0.2) is 0 Å². The van der Waals surface area contributed by atoms with Crippen molar-refractivity contribution in [2.75, 3.05) is 0 Å². The predicted molar refractivity (Wildman–Crippen MR) is 55.6 cm³/mol. The Labute approximate surface area is 87.3 Å². The first-order chi connectivity index (χ1) is 7.04. The Morgan fingerprint density at radius 3 is 2.87 bits per heavy atom. The Balaban J connectivity index is 3.00. The molecule has 0 radical (unpaired) electrons. The first kappa shape index (κ1) is 11.2. The maximum atomic E-state index is 13.3. The Kier molecular flexibility index (Phi) is 3.44. The van der Waals surface area contributed by atoms with E-state index < -0.39 is 18.0 Å². The molecule has 1 aromatic carbocycles. The molecule has 0 aliphatic rings. The molecule has 1 aromatic rings. The largest absolute Gasteiger partial charge is 0.442 e. The number of carbonyl (C=O) groups excluding carboxylic acids is 1. The second kappa shape index (κ2) is 4.59. The summed E-state index contributed by atoms with van der Waals surface area (Å²) in [5.74, 6) is -0.436. The van der Waals surface area contributed by atoms with Crippen molar-refractivity contribution >= 4 is 12.2 Å². The molecule has 3 nitrogen and oxygen atoms in total. The number of halogens is 1. The highest BCUT2D eigenvalue weighted by molar-refractivity contribution is 5.65. The second-order valence-electron chi connectivity index (χ2n) is 3.06. The summed E-state index contributed by atoms with van der Waals surface area (Å²) in [4.78, 5) is 10.5. The molecule has 0 fully saturated rings. The van der Waals surface area contributed by atoms with E-state index in [0.29, 0.717) is 0 Å². The first-order valence-electron chi connectivity index (χ1n) is 4.42. The number of rotatable bonds is 3. The lowest BCUT2D eigenvalue weighted by Gasteiger charge is -2.13. The number of ether oxygens (including phenoxy) is 1. The van der Waals surface area contributed by atoms with Crippen LogP contribution >= 0.6 is 0 Å². The van der Waals surface area contributed by atoms with E-state index in [-0.39, 0.29) is 5.56 Å². The van der Waals surface area contributed by atoms with Crippen LogP contribution < -0.4 is 5.73 Å². The topological polar surface area (TPSA) is 52.3 Å². The molecule has 0 spiro atoms. The van der Waals surface area contributed by atoms with E-state index >= 15 is 0 Å². The summed E-state index contributed by atoms with van der Waals surface area (Å²) in [6.45, 7) is 5.12. The Hall–Kier alpha value is -1.84. The zero-order valence-corrected chi connectivity index (χ0v) is 8.37. The zero-order valence-electron chi connectivity index (χ0n) is 8.37. The number of hydrogen-bond acceptors (Lipinski definition) is 2. The molecule has 0 aliphatic carbocycles. The summed E-state index contributed by atoms with van der Waals surface area (Å²) in [5, 5.41) is 0. The van der Waals surface area contributed by atoms with Crippen molar-refractivity contribution in [1.82, 2.24) is 0 Å². The van der Waals surface area contributed by atoms with Gasteiger partial charge in [0.1, 0.15) is 11.9 Å². The Morgan fingerprint density at radius 1 is 1.67 bits per heavy atom. The molecule has 0 aliphatic heterocycles. The smallest absolute Gasteiger partial charge is 0.405 e. The number of amides is 1. The van der Waals surface area contributed by atoms with Gasteiger partial charge in [-0.15, -0.1) is 0 Å². The van der Waals surface area contributed by atoms with Crippen LogP contribution in [0.25, 0.3) is 6.08 Å². The van der Waals surface area contributed by atoms with E-state index in [0.717, 1.165) is 5.56 Å². The molecule has 1 atom stereocenters. The number of benzene rings is 1. The van der Waals surface area contributed by atoms with Crippen molar-refractivity contribution in [2.24, 2.45) is 5.73 Å². The highest BCUT2D eigenvalue weighted by atomic mass is 19.1. The van der Waals surface area contributed by atoms with Gasteiger partial charge in [0.05, 0.1) is 0 Å². The van der Waals surface area contributed by atoms with E-state index in [4.69, 9.17) is 5.73 Å². The predicted octanol–water partition coefficient (Wildman–Crippen LogP) is 2.62. The van der Waals surface area contributed by atoms with Gasteiger partial charge < -0.3 is 10.5 Å². The van der Waals surface area contributed by atoms with Crippen molar-refractivity contribution in [1.29, 1.82) is 0 Å². The van der Waals surface area contributed by atoms with Crippen molar-refractivity contribution in [3.05, 3.63) is 41.7 Å². The van der Waals surface area contributed by atoms with Crippen molar-refractivity contribution < 1.29 is 13.9 Å². The second-order valence-corrected chi connectivity index (χ2v) is 3.06. The minimum absolute atomic E-state index is 0.284. The fraction of sp³-hybridized carbons (Fsp3) is 0.182. The lowest BCUT2D eigenvalue weighted by molar-refractivity contribution is 0.114. The molecule has 1 amide bonds. The minimum atomic E-state index is -0.925. The molecule has 0 heterocycles. The molecule has 2 N–H and O–H groups in total. The van der Waals surface area contributed by atoms with Gasteiger partial charge in [0.25, 0.3) is 0 Å². The third kappa shape index (κ3) is 2.80. The van der Waals surface area contributed by atoms with Crippen LogP contribution in [0.5, 0.6) is 0 Å². The van der Waals surface area contributed by atoms with E-state index in [1.165, 1.54) is 6.07 Å². The van der Waals surface area contributed by atoms with Crippen molar-refractivity contribution in [2.45, 2.75) is 13.0 Å². The normalized spacial score (nSPS) is 11.9. The quantitative estimate of drug-likeness (QED) is 0.831. The van der Waals surface area contributed by atoms with Crippen LogP contribution in [-0.4, -0.2) is 6.09 Å².